The van der Waals surface area contributed by atoms with Crippen LogP contribution in [0.3, 0.4) is 0 Å². The molecule has 2 fully saturated rings. The van der Waals surface area contributed by atoms with Crippen LogP contribution < -0.4 is 4.74 Å². The van der Waals surface area contributed by atoms with E-state index in [0.29, 0.717) is 30.2 Å². The van der Waals surface area contributed by atoms with Crippen molar-refractivity contribution in [3.63, 3.8) is 0 Å². The van der Waals surface area contributed by atoms with Gasteiger partial charge < -0.3 is 9.22 Å². The number of hydrogen-bond acceptors (Lipinski definition) is 4. The zero-order valence-corrected chi connectivity index (χ0v) is 20.8. The van der Waals surface area contributed by atoms with E-state index in [1.54, 1.807) is 25.3 Å². The molecule has 2 aliphatic rings. The predicted octanol–water partition coefficient (Wildman–Crippen LogP) is 5.77. The second-order valence-corrected chi connectivity index (χ2v) is 10.4. The van der Waals surface area contributed by atoms with Gasteiger partial charge in [-0.25, -0.2) is 0 Å². The molecule has 1 aromatic heterocycles. The Hall–Kier alpha value is -2.94. The van der Waals surface area contributed by atoms with Gasteiger partial charge in [0, 0.05) is 25.2 Å². The Bertz CT molecular complexity index is 1170. The van der Waals surface area contributed by atoms with Crippen LogP contribution in [0.25, 0.3) is 5.69 Å². The molecule has 2 heterocycles. The molecule has 9 heteroatoms. The summed E-state index contributed by atoms with van der Waals surface area (Å²) in [5.41, 5.74) is 2.57. The number of nitrogens with zero attached hydrogens (tertiary/aromatic N) is 5. The van der Waals surface area contributed by atoms with Crippen molar-refractivity contribution in [1.29, 1.82) is 0 Å². The molecule has 1 saturated carbocycles. The van der Waals surface area contributed by atoms with Crippen LogP contribution in [-0.4, -0.2) is 50.9 Å². The van der Waals surface area contributed by atoms with Crippen molar-refractivity contribution in [1.82, 2.24) is 20.2 Å². The van der Waals surface area contributed by atoms with Gasteiger partial charge in [0.2, 0.25) is 0 Å². The van der Waals surface area contributed by atoms with Gasteiger partial charge in [-0.1, -0.05) is 37.3 Å². The minimum atomic E-state index is -4.65. The van der Waals surface area contributed by atoms with Crippen molar-refractivity contribution in [2.75, 3.05) is 20.2 Å². The third kappa shape index (κ3) is 4.61. The summed E-state index contributed by atoms with van der Waals surface area (Å²) in [4.78, 5) is 0. The molecule has 0 N–H and O–H groups in total. The van der Waals surface area contributed by atoms with Crippen molar-refractivity contribution >= 4 is 0 Å². The Morgan fingerprint density at radius 2 is 1.78 bits per heavy atom. The van der Waals surface area contributed by atoms with E-state index in [9.17, 15) is 13.2 Å². The van der Waals surface area contributed by atoms with Crippen molar-refractivity contribution in [2.24, 2.45) is 5.92 Å². The molecule has 5 rings (SSSR count). The highest BCUT2D eigenvalue weighted by atomic mass is 19.4. The van der Waals surface area contributed by atoms with Crippen LogP contribution in [0.2, 0.25) is 0 Å². The van der Waals surface area contributed by atoms with Gasteiger partial charge in [0.1, 0.15) is 12.3 Å². The first kappa shape index (κ1) is 24.7. The molecule has 0 amide bonds. The molecular formula is C27H33F3N5O+. The lowest BCUT2D eigenvalue weighted by molar-refractivity contribution is -0.956. The van der Waals surface area contributed by atoms with Crippen LogP contribution in [-0.2, 0) is 12.7 Å². The molecule has 1 saturated heterocycles. The quantitative estimate of drug-likeness (QED) is 0.403. The molecule has 0 unspecified atom stereocenters. The molecule has 6 nitrogen and oxygen atoms in total. The third-order valence-corrected chi connectivity index (χ3v) is 8.25. The van der Waals surface area contributed by atoms with Gasteiger partial charge >= 0.3 is 6.18 Å². The second-order valence-electron chi connectivity index (χ2n) is 10.4. The molecule has 0 spiro atoms. The molecular weight excluding hydrogens is 467 g/mol. The zero-order valence-electron chi connectivity index (χ0n) is 20.8. The summed E-state index contributed by atoms with van der Waals surface area (Å²) in [6.07, 6.45) is 1.23. The number of quaternary nitrogens is 1. The number of aromatic nitrogens is 4. The number of rotatable bonds is 6. The second kappa shape index (κ2) is 9.84. The van der Waals surface area contributed by atoms with Crippen LogP contribution >= 0.6 is 0 Å². The number of halogens is 3. The Kier molecular flexibility index (Phi) is 6.76. The predicted molar refractivity (Wildman–Crippen MR) is 130 cm³/mol. The Morgan fingerprint density at radius 1 is 1.03 bits per heavy atom. The van der Waals surface area contributed by atoms with E-state index < -0.39 is 12.0 Å². The Morgan fingerprint density at radius 3 is 2.47 bits per heavy atom. The fraction of sp³-hybridized carbons (Fsp3) is 0.519. The van der Waals surface area contributed by atoms with Crippen LogP contribution in [0.4, 0.5) is 13.2 Å². The van der Waals surface area contributed by atoms with Gasteiger partial charge in [0.15, 0.2) is 0 Å². The third-order valence-electron chi connectivity index (χ3n) is 8.25. The van der Waals surface area contributed by atoms with E-state index in [4.69, 9.17) is 4.74 Å². The van der Waals surface area contributed by atoms with Crippen LogP contribution in [0.5, 0.6) is 5.75 Å². The largest absolute Gasteiger partial charge is 0.496 e. The zero-order chi connectivity index (χ0) is 25.3. The molecule has 192 valence electrons. The number of likely N-dealkylation sites (tertiary alicyclic amines) is 1. The van der Waals surface area contributed by atoms with Crippen LogP contribution in [0.15, 0.2) is 48.5 Å². The minimum Gasteiger partial charge on any atom is -0.496 e. The molecule has 3 aromatic rings. The first-order chi connectivity index (χ1) is 17.3. The minimum absolute atomic E-state index is 0.289. The maximum atomic E-state index is 13.5. The SMILES string of the molecule is COc1ccc(-n2nnnc2C(F)(F)F)cc1C[N+]1([C@H]2CCC[C@H](C)[C@H]2c2ccccc2)CCCC1. The molecule has 0 radical (unpaired) electrons. The van der Waals surface area contributed by atoms with E-state index in [-0.39, 0.29) is 5.69 Å². The molecule has 0 bridgehead atoms. The highest BCUT2D eigenvalue weighted by Gasteiger charge is 2.48. The maximum absolute atomic E-state index is 13.5. The summed E-state index contributed by atoms with van der Waals surface area (Å²) in [5, 5.41) is 10.1. The van der Waals surface area contributed by atoms with Gasteiger partial charge in [-0.2, -0.15) is 17.9 Å². The van der Waals surface area contributed by atoms with Crippen molar-refractivity contribution in [3.05, 3.63) is 65.5 Å². The summed E-state index contributed by atoms with van der Waals surface area (Å²) < 4.78 is 47.9. The number of alkyl halides is 3. The number of hydrogen-bond donors (Lipinski definition) is 0. The summed E-state index contributed by atoms with van der Waals surface area (Å²) >= 11 is 0. The highest BCUT2D eigenvalue weighted by Crippen LogP contribution is 2.46. The molecule has 1 aliphatic carbocycles. The fourth-order valence-corrected chi connectivity index (χ4v) is 6.70. The first-order valence-electron chi connectivity index (χ1n) is 12.8. The lowest BCUT2D eigenvalue weighted by Crippen LogP contribution is -2.57. The summed E-state index contributed by atoms with van der Waals surface area (Å²) in [6.45, 7) is 5.20. The Balaban J connectivity index is 1.55. The fourth-order valence-electron chi connectivity index (χ4n) is 6.70. The average Bonchev–Trinajstić information content (AvgIpc) is 3.55. The van der Waals surface area contributed by atoms with Crippen molar-refractivity contribution in [3.8, 4) is 11.4 Å². The molecule has 1 aliphatic heterocycles. The normalized spacial score (nSPS) is 24.1. The maximum Gasteiger partial charge on any atom is 0.453 e. The molecule has 2 aromatic carbocycles. The lowest BCUT2D eigenvalue weighted by Gasteiger charge is -2.49. The monoisotopic (exact) mass is 500 g/mol. The Labute approximate surface area is 209 Å². The van der Waals surface area contributed by atoms with Gasteiger partial charge in [-0.05, 0) is 52.9 Å². The number of methoxy groups -OCH3 is 1. The van der Waals surface area contributed by atoms with Crippen molar-refractivity contribution < 1.29 is 22.4 Å². The lowest BCUT2D eigenvalue weighted by atomic mass is 9.71. The van der Waals surface area contributed by atoms with E-state index in [1.165, 1.54) is 18.4 Å². The summed E-state index contributed by atoms with van der Waals surface area (Å²) in [5.74, 6) is 0.577. The van der Waals surface area contributed by atoms with Gasteiger partial charge in [-0.3, -0.25) is 0 Å². The number of ether oxygens (including phenoxy) is 1. The summed E-state index contributed by atoms with van der Waals surface area (Å²) in [6, 6.07) is 16.4. The van der Waals surface area contributed by atoms with Crippen molar-refractivity contribution in [2.45, 2.75) is 63.7 Å². The van der Waals surface area contributed by atoms with E-state index >= 15 is 0 Å². The smallest absolute Gasteiger partial charge is 0.453 e. The highest BCUT2D eigenvalue weighted by molar-refractivity contribution is 5.44. The van der Waals surface area contributed by atoms with Gasteiger partial charge in [0.25, 0.3) is 5.82 Å². The molecule has 36 heavy (non-hydrogen) atoms. The standard InChI is InChI=1S/C27H33F3N5O/c1-19-9-8-12-23(25(19)20-10-4-3-5-11-20)35(15-6-7-16-35)18-21-17-22(13-14-24(21)36-2)34-26(27(28,29)30)31-32-33-34/h3-5,10-11,13-14,17,19,23,25H,6-9,12,15-16,18H2,1-2H3/q+1/t19-,23-,25-/m0/s1. The molecule has 3 atom stereocenters. The topological polar surface area (TPSA) is 52.8 Å². The average molecular weight is 501 g/mol. The van der Waals surface area contributed by atoms with Crippen LogP contribution in [0.1, 0.15) is 61.9 Å². The van der Waals surface area contributed by atoms with E-state index in [0.717, 1.165) is 47.1 Å². The van der Waals surface area contributed by atoms with Crippen LogP contribution in [0, 0.1) is 5.92 Å². The first-order valence-corrected chi connectivity index (χ1v) is 12.8. The van der Waals surface area contributed by atoms with E-state index in [2.05, 4.69) is 52.8 Å². The van der Waals surface area contributed by atoms with Gasteiger partial charge in [0.05, 0.1) is 37.5 Å². The van der Waals surface area contributed by atoms with E-state index in [1.807, 2.05) is 0 Å². The number of tetrazole rings is 1. The summed E-state index contributed by atoms with van der Waals surface area (Å²) in [7, 11) is 1.61. The number of benzene rings is 2. The van der Waals surface area contributed by atoms with Gasteiger partial charge in [-0.15, -0.1) is 5.10 Å².